The highest BCUT2D eigenvalue weighted by Crippen LogP contribution is 2.31. The molecular formula is C80H93N17O10. The molecule has 0 unspecified atom stereocenters. The van der Waals surface area contributed by atoms with E-state index in [-0.39, 0.29) is 59.2 Å². The first-order valence-electron chi connectivity index (χ1n) is 32.4. The van der Waals surface area contributed by atoms with Crippen molar-refractivity contribution in [1.29, 1.82) is 0 Å². The summed E-state index contributed by atoms with van der Waals surface area (Å²) in [4.78, 5) is 102. The summed E-state index contributed by atoms with van der Waals surface area (Å²) in [6.45, 7) is 7.53. The Bertz CT molecular complexity index is 5380. The molecule has 13 rings (SSSR count). The third-order valence-corrected chi connectivity index (χ3v) is 15.9. The molecule has 0 bridgehead atoms. The second-order valence-corrected chi connectivity index (χ2v) is 23.1. The number of nitrogens with one attached hydrogen (secondary N) is 5. The van der Waals surface area contributed by atoms with Gasteiger partial charge in [0.1, 0.15) is 40.1 Å². The van der Waals surface area contributed by atoms with Crippen LogP contribution in [-0.4, -0.2) is 122 Å². The number of rotatable bonds is 19. The molecule has 0 radical (unpaired) electrons. The molecule has 0 aliphatic rings. The van der Waals surface area contributed by atoms with E-state index in [1.54, 1.807) is 149 Å². The van der Waals surface area contributed by atoms with Crippen molar-refractivity contribution in [2.24, 2.45) is 5.73 Å². The van der Waals surface area contributed by atoms with Crippen LogP contribution in [0, 0.1) is 13.8 Å². The largest absolute Gasteiger partial charge is 0.495 e. The van der Waals surface area contributed by atoms with Gasteiger partial charge in [-0.2, -0.15) is 0 Å². The molecule has 0 saturated heterocycles. The van der Waals surface area contributed by atoms with E-state index in [0.717, 1.165) is 33.3 Å². The van der Waals surface area contributed by atoms with E-state index in [1.807, 2.05) is 98.0 Å². The number of amides is 5. The van der Waals surface area contributed by atoms with Crippen molar-refractivity contribution in [2.45, 2.75) is 21.3 Å². The van der Waals surface area contributed by atoms with Gasteiger partial charge < -0.3 is 71.7 Å². The Morgan fingerprint density at radius 3 is 1.30 bits per heavy atom. The number of primary amides is 1. The third-order valence-electron chi connectivity index (χ3n) is 15.9. The van der Waals surface area contributed by atoms with Crippen LogP contribution < -0.4 is 57.4 Å². The average molecular weight is 1450 g/mol. The summed E-state index contributed by atoms with van der Waals surface area (Å²) in [5.41, 5.74) is 28.5. The molecule has 11 N–H and O–H groups in total. The van der Waals surface area contributed by atoms with Crippen LogP contribution in [-0.2, 0) is 0 Å². The number of hydrogen-bond donors (Lipinski definition) is 8. The van der Waals surface area contributed by atoms with E-state index in [4.69, 9.17) is 40.6 Å². The van der Waals surface area contributed by atoms with Gasteiger partial charge in [-0.05, 0) is 110 Å². The van der Waals surface area contributed by atoms with Crippen molar-refractivity contribution < 1.29 is 58.8 Å². The van der Waals surface area contributed by atoms with E-state index in [9.17, 15) is 24.0 Å². The van der Waals surface area contributed by atoms with Gasteiger partial charge in [0.15, 0.2) is 28.8 Å². The van der Waals surface area contributed by atoms with Gasteiger partial charge >= 0.3 is 0 Å². The highest BCUT2D eigenvalue weighted by Gasteiger charge is 2.22. The first-order chi connectivity index (χ1) is 51.2. The van der Waals surface area contributed by atoms with Crippen LogP contribution in [0.3, 0.4) is 0 Å². The summed E-state index contributed by atoms with van der Waals surface area (Å²) in [5.74, 6) is 0.608. The van der Waals surface area contributed by atoms with Crippen molar-refractivity contribution in [2.75, 3.05) is 75.3 Å². The summed E-state index contributed by atoms with van der Waals surface area (Å²) < 4.78 is 26.2. The lowest BCUT2D eigenvalue weighted by atomic mass is 10.1. The zero-order valence-corrected chi connectivity index (χ0v) is 58.8. The van der Waals surface area contributed by atoms with Crippen LogP contribution in [0.25, 0.3) is 61.8 Å². The zero-order valence-electron chi connectivity index (χ0n) is 58.8. The van der Waals surface area contributed by atoms with Gasteiger partial charge in [0.05, 0.1) is 111 Å². The number of carbonyl (C=O) groups excluding carboxylic acids is 5. The lowest BCUT2D eigenvalue weighted by molar-refractivity contribution is 0.0994. The molecule has 0 aliphatic heterocycles. The fourth-order valence-electron chi connectivity index (χ4n) is 10.3. The number of furan rings is 1. The lowest BCUT2D eigenvalue weighted by Gasteiger charge is -2.16. The molecule has 7 aromatic carbocycles. The number of methoxy groups -OCH3 is 4. The SMILES string of the molecule is C.C=C(c1ccc(-c2cnc(C)c(C(=O)Nc3ccccc3OC)n2)cc1)N(C)C.COc1ccccc1NC(=O)c1nc(-c2ccc3[nH]ccc3c2)cnc1N.COc1ccccc1NC(=O)c1nc(-c2cccc(C(N)=O)c2)cnc1C.COc1ccccc1NC(=O)c1nc(-c2ccco2)cnc1N.[HH].[HH].[HH].[HH].[HH].[HH].[HH].[HH]. The van der Waals surface area contributed by atoms with Crippen molar-refractivity contribution in [3.63, 3.8) is 0 Å². The summed E-state index contributed by atoms with van der Waals surface area (Å²) in [7, 11) is 10.1. The quantitative estimate of drug-likeness (QED) is 0.0373. The molecule has 558 valence electrons. The van der Waals surface area contributed by atoms with Gasteiger partial charge in [0, 0.05) is 70.6 Å². The van der Waals surface area contributed by atoms with Crippen molar-refractivity contribution in [1.82, 2.24) is 49.8 Å². The number of benzene rings is 7. The first kappa shape index (κ1) is 76.5. The number of para-hydroxylation sites is 8. The molecule has 0 fully saturated rings. The van der Waals surface area contributed by atoms with Crippen molar-refractivity contribution in [3.8, 4) is 68.2 Å². The van der Waals surface area contributed by atoms with Gasteiger partial charge in [-0.1, -0.05) is 105 Å². The predicted octanol–water partition coefficient (Wildman–Crippen LogP) is 15.7. The number of aryl methyl sites for hydroxylation is 2. The minimum absolute atomic E-state index is 0. The van der Waals surface area contributed by atoms with Crippen LogP contribution in [0.4, 0.5) is 34.4 Å². The van der Waals surface area contributed by atoms with Crippen LogP contribution in [0.1, 0.15) is 88.1 Å². The topological polar surface area (TPSA) is 384 Å². The second-order valence-electron chi connectivity index (χ2n) is 23.1. The molecule has 27 heteroatoms. The lowest BCUT2D eigenvalue weighted by Crippen LogP contribution is -2.17. The number of carbonyl (C=O) groups is 5. The molecular weight excluding hydrogens is 1360 g/mol. The number of aromatic amines is 1. The Kier molecular flexibility index (Phi) is 25.6. The molecule has 5 amide bonds. The number of ether oxygens (including phenoxy) is 4. The van der Waals surface area contributed by atoms with E-state index in [2.05, 4.69) is 72.7 Å². The van der Waals surface area contributed by atoms with Gasteiger partial charge in [0.25, 0.3) is 23.6 Å². The number of H-pyrrole nitrogens is 1. The van der Waals surface area contributed by atoms with Gasteiger partial charge in [-0.15, -0.1) is 0 Å². The van der Waals surface area contributed by atoms with Crippen LogP contribution >= 0.6 is 0 Å². The fourth-order valence-corrected chi connectivity index (χ4v) is 10.3. The van der Waals surface area contributed by atoms with Gasteiger partial charge in [0.2, 0.25) is 5.91 Å². The Hall–Kier alpha value is -14.6. The number of nitrogens with zero attached hydrogens (tertiary/aromatic N) is 9. The van der Waals surface area contributed by atoms with Crippen molar-refractivity contribution in [3.05, 3.63) is 271 Å². The maximum absolute atomic E-state index is 12.8. The number of nitrogens with two attached hydrogens (primary N) is 3. The molecule has 107 heavy (non-hydrogen) atoms. The summed E-state index contributed by atoms with van der Waals surface area (Å²) in [5, 5.41) is 12.2. The molecule has 0 saturated carbocycles. The maximum atomic E-state index is 12.8. The van der Waals surface area contributed by atoms with Crippen LogP contribution in [0.2, 0.25) is 0 Å². The summed E-state index contributed by atoms with van der Waals surface area (Å²) >= 11 is 0. The summed E-state index contributed by atoms with van der Waals surface area (Å²) in [6, 6.07) is 54.3. The van der Waals surface area contributed by atoms with Crippen LogP contribution in [0.15, 0.2) is 230 Å². The standard InChI is InChI=1S/C23H24N4O2.C20H17N5O2.C20H18N4O3.C16H14N4O3.CH4.8H2/c1-15-22(23(28)26-19-8-6-7-9-21(19)29-5)25-20(14-24-15)18-12-10-17(11-13-18)16(2)27(3)4;1-27-17-5-3-2-4-15(17)25-20(26)18-19(21)23-11-16(24-18)12-6-7-14-13(10-12)8-9-22-14;1-12-18(20(26)24-15-8-3-4-9-17(15)27-2)23-16(11-22-12)13-6-5-7-14(10-13)19(21)25;1-22-12-6-3-2-5-10(12)20-16(21)14-15(17)18-9-11(19-14)13-7-4-8-23-13;;;;;;;;;/h6-14H,2H2,1,3-5H3,(H,26,28);2-11,22H,1H3,(H2,21,23)(H,25,26);3-11H,1-2H3,(H2,21,25)(H,24,26);2-9H,1H3,(H2,17,18)(H,20,21);1H4;8*1H. The second kappa shape index (κ2) is 35.8. The molecule has 13 aromatic rings. The Balaban J connectivity index is 0.000000749. The fraction of sp³-hybridized carbons (Fsp3) is 0.113. The number of anilines is 6. The Labute approximate surface area is 628 Å². The monoisotopic (exact) mass is 1450 g/mol. The minimum Gasteiger partial charge on any atom is -0.495 e. The number of aromatic nitrogens is 9. The zero-order chi connectivity index (χ0) is 75.4. The highest BCUT2D eigenvalue weighted by atomic mass is 16.5. The smallest absolute Gasteiger partial charge is 0.278 e. The molecule has 0 atom stereocenters. The van der Waals surface area contributed by atoms with Crippen molar-refractivity contribution >= 4 is 80.5 Å². The normalized spacial score (nSPS) is 10.3. The minimum atomic E-state index is -0.536. The van der Waals surface area contributed by atoms with E-state index < -0.39 is 23.6 Å². The first-order valence-corrected chi connectivity index (χ1v) is 32.4. The van der Waals surface area contributed by atoms with E-state index >= 15 is 0 Å². The molecule has 27 nitrogen and oxygen atoms in total. The molecule has 6 heterocycles. The number of nitrogen functional groups attached to an aromatic ring is 2. The maximum Gasteiger partial charge on any atom is 0.278 e. The van der Waals surface area contributed by atoms with Crippen LogP contribution in [0.5, 0.6) is 23.0 Å². The molecule has 0 aliphatic carbocycles. The highest BCUT2D eigenvalue weighted by molar-refractivity contribution is 6.08. The predicted molar refractivity (Wildman–Crippen MR) is 431 cm³/mol. The third kappa shape index (κ3) is 19.1. The number of fused-ring (bicyclic) bond motifs is 1. The Morgan fingerprint density at radius 2 is 0.860 bits per heavy atom. The Morgan fingerprint density at radius 1 is 0.458 bits per heavy atom. The van der Waals surface area contributed by atoms with E-state index in [1.165, 1.54) is 33.8 Å². The van der Waals surface area contributed by atoms with Gasteiger partial charge in [-0.25, -0.2) is 29.9 Å². The van der Waals surface area contributed by atoms with Gasteiger partial charge in [-0.3, -0.25) is 33.9 Å². The summed E-state index contributed by atoms with van der Waals surface area (Å²) in [6.07, 6.45) is 9.62. The van der Waals surface area contributed by atoms with E-state index in [0.29, 0.717) is 96.8 Å². The average Bonchev–Trinajstić information content (AvgIpc) is 1.76. The number of hydrogen-bond acceptors (Lipinski definition) is 21. The molecule has 0 spiro atoms. The molecule has 6 aromatic heterocycles.